The van der Waals surface area contributed by atoms with Crippen LogP contribution in [0.25, 0.3) is 11.8 Å². The van der Waals surface area contributed by atoms with Gasteiger partial charge in [0.05, 0.1) is 26.1 Å². The third-order valence-electron chi connectivity index (χ3n) is 6.84. The molecule has 3 aromatic carbocycles. The van der Waals surface area contributed by atoms with Gasteiger partial charge in [-0.1, -0.05) is 63.7 Å². The fraction of sp³-hybridized carbons (Fsp3) is 0.111. The molecule has 0 fully saturated rings. The van der Waals surface area contributed by atoms with Crippen LogP contribution in [0.1, 0.15) is 34.7 Å². The van der Waals surface area contributed by atoms with Crippen molar-refractivity contribution in [3.05, 3.63) is 133 Å². The van der Waals surface area contributed by atoms with Crippen LogP contribution in [-0.4, -0.2) is 19.5 Å². The van der Waals surface area contributed by atoms with Gasteiger partial charge in [0.1, 0.15) is 0 Å². The van der Waals surface area contributed by atoms with E-state index < -0.39 is 32.9 Å². The molecule has 4 aromatic rings. The SMILES string of the molecule is O=c1/c(=C/c2cc(Br)cc([N+](=O)[O-])c2O)sc2n1C(c1cccc([N+](=O)[O-])c1)C1=C(N=2)c2ccccc2CC1. The van der Waals surface area contributed by atoms with E-state index in [1.54, 1.807) is 12.1 Å². The number of nitro groups is 2. The van der Waals surface area contributed by atoms with Gasteiger partial charge in [-0.05, 0) is 41.7 Å². The number of fused-ring (bicyclic) bond motifs is 3. The summed E-state index contributed by atoms with van der Waals surface area (Å²) in [5, 5.41) is 33.5. The molecule has 0 spiro atoms. The zero-order valence-electron chi connectivity index (χ0n) is 19.9. The van der Waals surface area contributed by atoms with E-state index in [-0.39, 0.29) is 15.8 Å². The predicted molar refractivity (Wildman–Crippen MR) is 148 cm³/mol. The number of allylic oxidation sites excluding steroid dienone is 1. The Morgan fingerprint density at radius 1 is 1.05 bits per heavy atom. The highest BCUT2D eigenvalue weighted by Crippen LogP contribution is 2.41. The second kappa shape index (κ2) is 9.40. The fourth-order valence-electron chi connectivity index (χ4n) is 5.13. The summed E-state index contributed by atoms with van der Waals surface area (Å²) in [7, 11) is 0. The third-order valence-corrected chi connectivity index (χ3v) is 8.28. The first-order chi connectivity index (χ1) is 18.7. The van der Waals surface area contributed by atoms with Crippen LogP contribution in [0, 0.1) is 20.2 Å². The van der Waals surface area contributed by atoms with Crippen molar-refractivity contribution in [3.63, 3.8) is 0 Å². The van der Waals surface area contributed by atoms with E-state index in [0.717, 1.165) is 40.2 Å². The fourth-order valence-corrected chi connectivity index (χ4v) is 6.58. The van der Waals surface area contributed by atoms with Crippen LogP contribution < -0.4 is 14.9 Å². The lowest BCUT2D eigenvalue weighted by atomic mass is 9.83. The number of aryl methyl sites for hydroxylation is 1. The highest BCUT2D eigenvalue weighted by Gasteiger charge is 2.33. The molecule has 12 heteroatoms. The number of thiazole rings is 1. The van der Waals surface area contributed by atoms with Crippen molar-refractivity contribution in [2.75, 3.05) is 0 Å². The van der Waals surface area contributed by atoms with Crippen LogP contribution in [0.5, 0.6) is 5.75 Å². The first kappa shape index (κ1) is 24.9. The number of hydrogen-bond donors (Lipinski definition) is 1. The minimum atomic E-state index is -0.702. The number of phenolic OH excluding ortho intramolecular Hbond substituents is 1. The van der Waals surface area contributed by atoms with Crippen molar-refractivity contribution in [2.45, 2.75) is 18.9 Å². The minimum Gasteiger partial charge on any atom is -0.502 e. The molecular weight excluding hydrogens is 588 g/mol. The van der Waals surface area contributed by atoms with Crippen LogP contribution in [0.3, 0.4) is 0 Å². The van der Waals surface area contributed by atoms with Crippen molar-refractivity contribution in [1.82, 2.24) is 4.57 Å². The van der Waals surface area contributed by atoms with E-state index in [1.807, 2.05) is 24.3 Å². The number of aromatic nitrogens is 1. The molecule has 1 aliphatic carbocycles. The van der Waals surface area contributed by atoms with Gasteiger partial charge in [0.25, 0.3) is 11.2 Å². The van der Waals surface area contributed by atoms with Crippen molar-refractivity contribution >= 4 is 50.4 Å². The average molecular weight is 605 g/mol. The first-order valence-corrected chi connectivity index (χ1v) is 13.4. The Balaban J connectivity index is 1.63. The molecule has 1 unspecified atom stereocenters. The largest absolute Gasteiger partial charge is 0.502 e. The highest BCUT2D eigenvalue weighted by molar-refractivity contribution is 9.10. The number of halogens is 1. The molecule has 6 rings (SSSR count). The molecular formula is C27H17BrN4O6S. The molecule has 1 aromatic heterocycles. The number of benzene rings is 3. The lowest BCUT2D eigenvalue weighted by molar-refractivity contribution is -0.386. The summed E-state index contributed by atoms with van der Waals surface area (Å²) < 4.78 is 2.10. The molecule has 0 bridgehead atoms. The van der Waals surface area contributed by atoms with Gasteiger partial charge in [0, 0.05) is 33.8 Å². The maximum atomic E-state index is 13.9. The molecule has 0 radical (unpaired) electrons. The smallest absolute Gasteiger partial charge is 0.312 e. The molecule has 1 N–H and O–H groups in total. The van der Waals surface area contributed by atoms with Gasteiger partial charge >= 0.3 is 5.69 Å². The zero-order valence-corrected chi connectivity index (χ0v) is 22.3. The lowest BCUT2D eigenvalue weighted by Gasteiger charge is -2.30. The second-order valence-electron chi connectivity index (χ2n) is 9.09. The number of nitrogens with zero attached hydrogens (tertiary/aromatic N) is 4. The van der Waals surface area contributed by atoms with E-state index in [2.05, 4.69) is 15.9 Å². The molecule has 2 aliphatic rings. The number of non-ortho nitro benzene ring substituents is 1. The lowest BCUT2D eigenvalue weighted by Crippen LogP contribution is -2.38. The number of rotatable bonds is 4. The summed E-state index contributed by atoms with van der Waals surface area (Å²) >= 11 is 4.31. The Morgan fingerprint density at radius 2 is 1.85 bits per heavy atom. The van der Waals surface area contributed by atoms with Gasteiger partial charge in [0.15, 0.2) is 4.80 Å². The standard InChI is InChI=1S/C27H17BrN4O6S/c28-17-10-16(25(33)21(13-17)32(37)38)12-22-26(34)30-24(15-5-3-6-18(11-15)31(35)36)20-9-8-14-4-1-2-7-19(14)23(20)29-27(30)39-22/h1-7,10-13,24,33H,8-9H2/b22-12-. The molecule has 194 valence electrons. The highest BCUT2D eigenvalue weighted by atomic mass is 79.9. The normalized spacial score (nSPS) is 16.2. The summed E-state index contributed by atoms with van der Waals surface area (Å²) in [6.45, 7) is 0. The van der Waals surface area contributed by atoms with Crippen LogP contribution in [0.2, 0.25) is 0 Å². The molecule has 10 nitrogen and oxygen atoms in total. The number of nitro benzene ring substituents is 2. The maximum absolute atomic E-state index is 13.9. The van der Waals surface area contributed by atoms with Crippen LogP contribution in [0.15, 0.2) is 80.5 Å². The summed E-state index contributed by atoms with van der Waals surface area (Å²) in [6.07, 6.45) is 2.75. The molecule has 0 saturated carbocycles. The average Bonchev–Trinajstić information content (AvgIpc) is 3.23. The van der Waals surface area contributed by atoms with Gasteiger partial charge < -0.3 is 5.11 Å². The third kappa shape index (κ3) is 4.17. The topological polar surface area (TPSA) is 141 Å². The predicted octanol–water partition coefficient (Wildman–Crippen LogP) is 4.60. The second-order valence-corrected chi connectivity index (χ2v) is 11.0. The van der Waals surface area contributed by atoms with Gasteiger partial charge in [0.2, 0.25) is 5.75 Å². The number of hydrogen-bond acceptors (Lipinski definition) is 8. The quantitative estimate of drug-likeness (QED) is 0.266. The minimum absolute atomic E-state index is 0.0867. The van der Waals surface area contributed by atoms with Crippen molar-refractivity contribution in [1.29, 1.82) is 0 Å². The van der Waals surface area contributed by atoms with Gasteiger partial charge in [-0.3, -0.25) is 29.6 Å². The number of aromatic hydroxyl groups is 1. The molecule has 2 heterocycles. The van der Waals surface area contributed by atoms with Crippen LogP contribution in [0.4, 0.5) is 11.4 Å². The summed E-state index contributed by atoms with van der Waals surface area (Å²) in [6, 6.07) is 16.2. The van der Waals surface area contributed by atoms with Gasteiger partial charge in [-0.15, -0.1) is 0 Å². The maximum Gasteiger partial charge on any atom is 0.312 e. The monoisotopic (exact) mass is 604 g/mol. The summed E-state index contributed by atoms with van der Waals surface area (Å²) in [5.74, 6) is -0.558. The number of phenols is 1. The summed E-state index contributed by atoms with van der Waals surface area (Å²) in [4.78, 5) is 40.9. The first-order valence-electron chi connectivity index (χ1n) is 11.8. The Labute approximate surface area is 231 Å². The van der Waals surface area contributed by atoms with Crippen LogP contribution in [-0.2, 0) is 6.42 Å². The molecule has 1 aliphatic heterocycles. The molecule has 0 amide bonds. The Kier molecular flexibility index (Phi) is 6.00. The van der Waals surface area contributed by atoms with E-state index in [9.17, 15) is 30.1 Å². The van der Waals surface area contributed by atoms with E-state index >= 15 is 0 Å². The summed E-state index contributed by atoms with van der Waals surface area (Å²) in [5.41, 5.74) is 3.39. The van der Waals surface area contributed by atoms with Crippen molar-refractivity contribution < 1.29 is 15.0 Å². The molecule has 39 heavy (non-hydrogen) atoms. The van der Waals surface area contributed by atoms with E-state index in [4.69, 9.17) is 4.99 Å². The molecule has 0 saturated heterocycles. The van der Waals surface area contributed by atoms with E-state index in [1.165, 1.54) is 34.9 Å². The Hall–Kier alpha value is -4.42. The van der Waals surface area contributed by atoms with Crippen molar-refractivity contribution in [2.24, 2.45) is 4.99 Å². The Morgan fingerprint density at radius 3 is 2.62 bits per heavy atom. The van der Waals surface area contributed by atoms with Gasteiger partial charge in [-0.25, -0.2) is 4.99 Å². The van der Waals surface area contributed by atoms with E-state index in [0.29, 0.717) is 21.3 Å². The van der Waals surface area contributed by atoms with Crippen molar-refractivity contribution in [3.8, 4) is 5.75 Å². The molecule has 1 atom stereocenters. The Bertz CT molecular complexity index is 1940. The van der Waals surface area contributed by atoms with Crippen LogP contribution >= 0.6 is 27.3 Å². The van der Waals surface area contributed by atoms with Gasteiger partial charge in [-0.2, -0.15) is 0 Å². The zero-order chi connectivity index (χ0) is 27.4.